The molecule has 2 aromatic rings. The molecule has 2 rings (SSSR count). The van der Waals surface area contributed by atoms with Gasteiger partial charge in [0.1, 0.15) is 5.82 Å². The number of benzene rings is 2. The molecular formula is C17H20FNO3. The van der Waals surface area contributed by atoms with Crippen molar-refractivity contribution >= 4 is 0 Å². The number of ether oxygens (including phenoxy) is 3. The fraction of sp³-hybridized carbons (Fsp3) is 0.294. The van der Waals surface area contributed by atoms with Gasteiger partial charge in [-0.1, -0.05) is 6.07 Å². The quantitative estimate of drug-likeness (QED) is 0.918. The Balaban J connectivity index is 2.69. The van der Waals surface area contributed by atoms with Crippen molar-refractivity contribution in [3.05, 3.63) is 41.7 Å². The van der Waals surface area contributed by atoms with Gasteiger partial charge in [-0.25, -0.2) is 4.39 Å². The van der Waals surface area contributed by atoms with Crippen molar-refractivity contribution in [3.63, 3.8) is 0 Å². The Morgan fingerprint density at radius 3 is 2.14 bits per heavy atom. The molecule has 1 atom stereocenters. The summed E-state index contributed by atoms with van der Waals surface area (Å²) >= 11 is 0. The van der Waals surface area contributed by atoms with Crippen LogP contribution in [0.5, 0.6) is 17.2 Å². The summed E-state index contributed by atoms with van der Waals surface area (Å²) in [6.07, 6.45) is 0. The Hall–Kier alpha value is -2.27. The van der Waals surface area contributed by atoms with Crippen LogP contribution in [0.15, 0.2) is 30.3 Å². The average molecular weight is 305 g/mol. The standard InChI is InChI=1S/C17H20FNO3/c1-10(19)11-5-7-14(18)13(9-11)12-6-8-15(20-2)17(22-4)16(12)21-3/h5-10H,19H2,1-4H3. The number of hydrogen-bond donors (Lipinski definition) is 1. The van der Waals surface area contributed by atoms with E-state index < -0.39 is 0 Å². The first-order chi connectivity index (χ1) is 10.5. The largest absolute Gasteiger partial charge is 0.493 e. The lowest BCUT2D eigenvalue weighted by Crippen LogP contribution is -2.05. The Morgan fingerprint density at radius 1 is 0.909 bits per heavy atom. The zero-order chi connectivity index (χ0) is 16.3. The molecule has 5 heteroatoms. The van der Waals surface area contributed by atoms with Crippen LogP contribution in [0.4, 0.5) is 4.39 Å². The molecule has 22 heavy (non-hydrogen) atoms. The molecule has 0 aliphatic carbocycles. The zero-order valence-electron chi connectivity index (χ0n) is 13.1. The Labute approximate surface area is 129 Å². The molecule has 0 radical (unpaired) electrons. The van der Waals surface area contributed by atoms with Gasteiger partial charge in [0.25, 0.3) is 0 Å². The first-order valence-electron chi connectivity index (χ1n) is 6.87. The summed E-state index contributed by atoms with van der Waals surface area (Å²) in [5, 5.41) is 0. The summed E-state index contributed by atoms with van der Waals surface area (Å²) < 4.78 is 30.3. The molecule has 2 aromatic carbocycles. The van der Waals surface area contributed by atoms with E-state index in [2.05, 4.69) is 0 Å². The first kappa shape index (κ1) is 16.1. The molecule has 0 aromatic heterocycles. The minimum absolute atomic E-state index is 0.189. The number of hydrogen-bond acceptors (Lipinski definition) is 4. The third-order valence-corrected chi connectivity index (χ3v) is 3.51. The maximum absolute atomic E-state index is 14.3. The van der Waals surface area contributed by atoms with Gasteiger partial charge in [0.15, 0.2) is 11.5 Å². The Bertz CT molecular complexity index is 671. The summed E-state index contributed by atoms with van der Waals surface area (Å²) in [7, 11) is 4.56. The molecule has 2 N–H and O–H groups in total. The van der Waals surface area contributed by atoms with Crippen LogP contribution >= 0.6 is 0 Å². The van der Waals surface area contributed by atoms with Crippen LogP contribution in [0.25, 0.3) is 11.1 Å². The van der Waals surface area contributed by atoms with E-state index in [1.807, 2.05) is 6.92 Å². The topological polar surface area (TPSA) is 53.7 Å². The van der Waals surface area contributed by atoms with E-state index in [0.717, 1.165) is 5.56 Å². The molecule has 0 fully saturated rings. The number of nitrogens with two attached hydrogens (primary N) is 1. The van der Waals surface area contributed by atoms with Crippen LogP contribution in [0.1, 0.15) is 18.5 Å². The normalized spacial score (nSPS) is 11.9. The highest BCUT2D eigenvalue weighted by atomic mass is 19.1. The van der Waals surface area contributed by atoms with Crippen LogP contribution in [-0.4, -0.2) is 21.3 Å². The molecule has 1 unspecified atom stereocenters. The molecular weight excluding hydrogens is 285 g/mol. The second kappa shape index (κ2) is 6.66. The number of methoxy groups -OCH3 is 3. The second-order valence-corrected chi connectivity index (χ2v) is 4.91. The van der Waals surface area contributed by atoms with Gasteiger partial charge < -0.3 is 19.9 Å². The monoisotopic (exact) mass is 305 g/mol. The van der Waals surface area contributed by atoms with Gasteiger partial charge in [-0.15, -0.1) is 0 Å². The molecule has 0 amide bonds. The molecule has 0 saturated carbocycles. The molecule has 0 bridgehead atoms. The summed E-state index contributed by atoms with van der Waals surface area (Å²) in [6.45, 7) is 1.85. The van der Waals surface area contributed by atoms with Crippen LogP contribution in [0.2, 0.25) is 0 Å². The highest BCUT2D eigenvalue weighted by Gasteiger charge is 2.19. The minimum Gasteiger partial charge on any atom is -0.493 e. The molecule has 0 heterocycles. The van der Waals surface area contributed by atoms with Crippen molar-refractivity contribution in [2.45, 2.75) is 13.0 Å². The average Bonchev–Trinajstić information content (AvgIpc) is 2.53. The molecule has 0 saturated heterocycles. The van der Waals surface area contributed by atoms with Crippen LogP contribution in [0.3, 0.4) is 0 Å². The lowest BCUT2D eigenvalue weighted by atomic mass is 9.98. The predicted octanol–water partition coefficient (Wildman–Crippen LogP) is 3.54. The van der Waals surface area contributed by atoms with Crippen LogP contribution in [0, 0.1) is 5.82 Å². The van der Waals surface area contributed by atoms with Crippen molar-refractivity contribution in [1.82, 2.24) is 0 Å². The molecule has 0 spiro atoms. The summed E-state index contributed by atoms with van der Waals surface area (Å²) in [6, 6.07) is 8.08. The van der Waals surface area contributed by atoms with Crippen molar-refractivity contribution in [2.24, 2.45) is 5.73 Å². The van der Waals surface area contributed by atoms with Gasteiger partial charge in [-0.2, -0.15) is 0 Å². The predicted molar refractivity (Wildman–Crippen MR) is 84.1 cm³/mol. The van der Waals surface area contributed by atoms with Crippen molar-refractivity contribution < 1.29 is 18.6 Å². The van der Waals surface area contributed by atoms with E-state index in [0.29, 0.717) is 28.4 Å². The van der Waals surface area contributed by atoms with Gasteiger partial charge in [0.2, 0.25) is 5.75 Å². The lowest BCUT2D eigenvalue weighted by molar-refractivity contribution is 0.325. The summed E-state index contributed by atoms with van der Waals surface area (Å²) in [4.78, 5) is 0. The maximum atomic E-state index is 14.3. The van der Waals surface area contributed by atoms with Crippen molar-refractivity contribution in [3.8, 4) is 28.4 Å². The maximum Gasteiger partial charge on any atom is 0.203 e. The Morgan fingerprint density at radius 2 is 1.59 bits per heavy atom. The van der Waals surface area contributed by atoms with Crippen LogP contribution in [-0.2, 0) is 0 Å². The smallest absolute Gasteiger partial charge is 0.203 e. The van der Waals surface area contributed by atoms with E-state index in [1.165, 1.54) is 27.4 Å². The third-order valence-electron chi connectivity index (χ3n) is 3.51. The molecule has 0 aliphatic rings. The highest BCUT2D eigenvalue weighted by Crippen LogP contribution is 2.45. The zero-order valence-corrected chi connectivity index (χ0v) is 13.1. The van der Waals surface area contributed by atoms with Gasteiger partial charge in [-0.3, -0.25) is 0 Å². The van der Waals surface area contributed by atoms with Gasteiger partial charge in [0, 0.05) is 17.2 Å². The summed E-state index contributed by atoms with van der Waals surface area (Å²) in [5.74, 6) is 1.01. The van der Waals surface area contributed by atoms with E-state index in [9.17, 15) is 4.39 Å². The third kappa shape index (κ3) is 2.85. The van der Waals surface area contributed by atoms with Gasteiger partial charge in [-0.05, 0) is 36.8 Å². The lowest BCUT2D eigenvalue weighted by Gasteiger charge is -2.17. The van der Waals surface area contributed by atoms with E-state index in [4.69, 9.17) is 19.9 Å². The Kier molecular flexibility index (Phi) is 4.88. The minimum atomic E-state index is -0.352. The fourth-order valence-electron chi connectivity index (χ4n) is 2.35. The van der Waals surface area contributed by atoms with Crippen molar-refractivity contribution in [1.29, 1.82) is 0 Å². The van der Waals surface area contributed by atoms with E-state index in [-0.39, 0.29) is 11.9 Å². The van der Waals surface area contributed by atoms with Gasteiger partial charge >= 0.3 is 0 Å². The van der Waals surface area contributed by atoms with Crippen molar-refractivity contribution in [2.75, 3.05) is 21.3 Å². The molecule has 4 nitrogen and oxygen atoms in total. The number of halogens is 1. The highest BCUT2D eigenvalue weighted by molar-refractivity contribution is 5.77. The van der Waals surface area contributed by atoms with E-state index >= 15 is 0 Å². The number of rotatable bonds is 5. The second-order valence-electron chi connectivity index (χ2n) is 4.91. The first-order valence-corrected chi connectivity index (χ1v) is 6.87. The van der Waals surface area contributed by atoms with Crippen LogP contribution < -0.4 is 19.9 Å². The SMILES string of the molecule is COc1ccc(-c2cc(C(C)N)ccc2F)c(OC)c1OC. The molecule has 118 valence electrons. The fourth-order valence-corrected chi connectivity index (χ4v) is 2.35. The summed E-state index contributed by atoms with van der Waals surface area (Å²) in [5.41, 5.74) is 7.72. The molecule has 0 aliphatic heterocycles. The van der Waals surface area contributed by atoms with Gasteiger partial charge in [0.05, 0.1) is 21.3 Å². The van der Waals surface area contributed by atoms with E-state index in [1.54, 1.807) is 24.3 Å².